The van der Waals surface area contributed by atoms with Crippen molar-refractivity contribution in [2.45, 2.75) is 31.6 Å². The zero-order chi connectivity index (χ0) is 18.1. The molecule has 0 unspecified atom stereocenters. The lowest BCUT2D eigenvalue weighted by atomic mass is 9.92. The van der Waals surface area contributed by atoms with E-state index in [2.05, 4.69) is 21.3 Å². The molecule has 0 aliphatic carbocycles. The quantitative estimate of drug-likeness (QED) is 0.702. The molecule has 0 aromatic carbocycles. The van der Waals surface area contributed by atoms with Crippen LogP contribution in [0.2, 0.25) is 5.15 Å². The van der Waals surface area contributed by atoms with Crippen molar-refractivity contribution in [3.63, 3.8) is 0 Å². The number of piperidine rings is 1. The minimum absolute atomic E-state index is 0.142. The van der Waals surface area contributed by atoms with Crippen molar-refractivity contribution in [3.05, 3.63) is 41.0 Å². The van der Waals surface area contributed by atoms with Crippen LogP contribution in [-0.4, -0.2) is 43.8 Å². The predicted molar refractivity (Wildman–Crippen MR) is 96.9 cm³/mol. The van der Waals surface area contributed by atoms with Gasteiger partial charge in [0.05, 0.1) is 5.69 Å². The molecular formula is C18H20ClN5O2. The van der Waals surface area contributed by atoms with Crippen LogP contribution in [0.1, 0.15) is 36.6 Å². The standard InChI is InChI=1S/C18H20ClN5O2/c1-23-18-14(3-2-8-20-18)17(21-23)12-6-9-24(10-7-12)16(25)5-4-13-11-15(19)22-26-13/h2-3,8,11-12H,4-7,9-10H2,1H3. The van der Waals surface area contributed by atoms with E-state index in [0.717, 1.165) is 42.7 Å². The first kappa shape index (κ1) is 17.0. The summed E-state index contributed by atoms with van der Waals surface area (Å²) in [5.74, 6) is 1.15. The summed E-state index contributed by atoms with van der Waals surface area (Å²) < 4.78 is 6.89. The maximum Gasteiger partial charge on any atom is 0.223 e. The number of fused-ring (bicyclic) bond motifs is 1. The Balaban J connectivity index is 1.37. The normalized spacial score (nSPS) is 15.7. The molecule has 26 heavy (non-hydrogen) atoms. The molecule has 0 atom stereocenters. The van der Waals surface area contributed by atoms with Crippen molar-refractivity contribution in [2.75, 3.05) is 13.1 Å². The van der Waals surface area contributed by atoms with Crippen molar-refractivity contribution < 1.29 is 9.32 Å². The van der Waals surface area contributed by atoms with E-state index in [1.165, 1.54) is 0 Å². The van der Waals surface area contributed by atoms with Crippen molar-refractivity contribution >= 4 is 28.5 Å². The summed E-state index contributed by atoms with van der Waals surface area (Å²) in [5.41, 5.74) is 2.01. The van der Waals surface area contributed by atoms with Crippen molar-refractivity contribution in [1.82, 2.24) is 24.8 Å². The van der Waals surface area contributed by atoms with E-state index in [-0.39, 0.29) is 5.91 Å². The van der Waals surface area contributed by atoms with E-state index in [1.807, 2.05) is 22.7 Å². The monoisotopic (exact) mass is 373 g/mol. The van der Waals surface area contributed by atoms with E-state index in [0.29, 0.717) is 29.7 Å². The third-order valence-electron chi connectivity index (χ3n) is 4.98. The van der Waals surface area contributed by atoms with Crippen LogP contribution in [0, 0.1) is 0 Å². The van der Waals surface area contributed by atoms with E-state index in [1.54, 1.807) is 12.3 Å². The summed E-state index contributed by atoms with van der Waals surface area (Å²) in [6.07, 6.45) is 4.56. The number of carbonyl (C=O) groups is 1. The fourth-order valence-corrected chi connectivity index (χ4v) is 3.77. The van der Waals surface area contributed by atoms with Crippen LogP contribution in [0.3, 0.4) is 0 Å². The highest BCUT2D eigenvalue weighted by Crippen LogP contribution is 2.31. The largest absolute Gasteiger partial charge is 0.360 e. The Bertz CT molecular complexity index is 927. The van der Waals surface area contributed by atoms with Crippen LogP contribution in [0.5, 0.6) is 0 Å². The highest BCUT2D eigenvalue weighted by atomic mass is 35.5. The van der Waals surface area contributed by atoms with Crippen LogP contribution in [0.25, 0.3) is 11.0 Å². The van der Waals surface area contributed by atoms with Gasteiger partial charge < -0.3 is 9.42 Å². The molecule has 8 heteroatoms. The molecule has 1 fully saturated rings. The number of hydrogen-bond donors (Lipinski definition) is 0. The molecule has 3 aromatic rings. The Kier molecular flexibility index (Phi) is 4.63. The molecule has 0 saturated carbocycles. The number of hydrogen-bond acceptors (Lipinski definition) is 5. The molecule has 3 aromatic heterocycles. The smallest absolute Gasteiger partial charge is 0.223 e. The Morgan fingerprint density at radius 2 is 2.19 bits per heavy atom. The van der Waals surface area contributed by atoms with Gasteiger partial charge in [0.2, 0.25) is 5.91 Å². The predicted octanol–water partition coefficient (Wildman–Crippen LogP) is 2.95. The Labute approximate surface area is 155 Å². The summed E-state index contributed by atoms with van der Waals surface area (Å²) in [6.45, 7) is 1.50. The van der Waals surface area contributed by atoms with Crippen molar-refractivity contribution in [2.24, 2.45) is 7.05 Å². The summed E-state index contributed by atoms with van der Waals surface area (Å²) in [5, 5.41) is 9.75. The van der Waals surface area contributed by atoms with E-state index >= 15 is 0 Å². The lowest BCUT2D eigenvalue weighted by molar-refractivity contribution is -0.132. The Morgan fingerprint density at radius 3 is 2.92 bits per heavy atom. The molecule has 136 valence electrons. The van der Waals surface area contributed by atoms with E-state index in [4.69, 9.17) is 16.1 Å². The van der Waals surface area contributed by atoms with Gasteiger partial charge in [-0.2, -0.15) is 5.10 Å². The van der Waals surface area contributed by atoms with Crippen molar-refractivity contribution in [3.8, 4) is 0 Å². The average molecular weight is 374 g/mol. The van der Waals surface area contributed by atoms with Gasteiger partial charge in [0, 0.05) is 56.5 Å². The third-order valence-corrected chi connectivity index (χ3v) is 5.15. The van der Waals surface area contributed by atoms with Gasteiger partial charge in [-0.25, -0.2) is 4.98 Å². The fourth-order valence-electron chi connectivity index (χ4n) is 3.62. The highest BCUT2D eigenvalue weighted by Gasteiger charge is 2.27. The first-order chi connectivity index (χ1) is 12.6. The number of nitrogens with zero attached hydrogens (tertiary/aromatic N) is 5. The van der Waals surface area contributed by atoms with Gasteiger partial charge in [-0.15, -0.1) is 0 Å². The molecule has 4 heterocycles. The molecule has 0 spiro atoms. The molecule has 1 saturated heterocycles. The zero-order valence-corrected chi connectivity index (χ0v) is 15.3. The second kappa shape index (κ2) is 7.07. The number of rotatable bonds is 4. The average Bonchev–Trinajstić information content (AvgIpc) is 3.23. The van der Waals surface area contributed by atoms with E-state index in [9.17, 15) is 4.79 Å². The number of amides is 1. The SMILES string of the molecule is Cn1nc(C2CCN(C(=O)CCc3cc(Cl)no3)CC2)c2cccnc21. The maximum absolute atomic E-state index is 12.4. The number of carbonyl (C=O) groups excluding carboxylic acids is 1. The van der Waals surface area contributed by atoms with Gasteiger partial charge in [0.15, 0.2) is 10.8 Å². The van der Waals surface area contributed by atoms with Gasteiger partial charge in [0.25, 0.3) is 0 Å². The topological polar surface area (TPSA) is 77.0 Å². The number of pyridine rings is 1. The summed E-state index contributed by atoms with van der Waals surface area (Å²) in [6, 6.07) is 5.67. The lowest BCUT2D eigenvalue weighted by Crippen LogP contribution is -2.38. The van der Waals surface area contributed by atoms with Gasteiger partial charge in [-0.05, 0) is 25.0 Å². The van der Waals surface area contributed by atoms with E-state index < -0.39 is 0 Å². The summed E-state index contributed by atoms with van der Waals surface area (Å²) >= 11 is 5.73. The Hall–Kier alpha value is -2.41. The first-order valence-electron chi connectivity index (χ1n) is 8.78. The van der Waals surface area contributed by atoms with Gasteiger partial charge in [0.1, 0.15) is 5.76 Å². The van der Waals surface area contributed by atoms with Crippen LogP contribution in [-0.2, 0) is 18.3 Å². The number of aromatic nitrogens is 4. The summed E-state index contributed by atoms with van der Waals surface area (Å²) in [4.78, 5) is 18.8. The molecule has 7 nitrogen and oxygen atoms in total. The molecular weight excluding hydrogens is 354 g/mol. The number of halogens is 1. The lowest BCUT2D eigenvalue weighted by Gasteiger charge is -2.31. The second-order valence-corrected chi connectivity index (χ2v) is 7.04. The van der Waals surface area contributed by atoms with Crippen molar-refractivity contribution in [1.29, 1.82) is 0 Å². The maximum atomic E-state index is 12.4. The minimum atomic E-state index is 0.142. The zero-order valence-electron chi connectivity index (χ0n) is 14.6. The van der Waals surface area contributed by atoms with Crippen LogP contribution < -0.4 is 0 Å². The van der Waals surface area contributed by atoms with Gasteiger partial charge in [-0.1, -0.05) is 16.8 Å². The highest BCUT2D eigenvalue weighted by molar-refractivity contribution is 6.29. The molecule has 0 bridgehead atoms. The minimum Gasteiger partial charge on any atom is -0.360 e. The first-order valence-corrected chi connectivity index (χ1v) is 9.16. The molecule has 4 rings (SSSR count). The second-order valence-electron chi connectivity index (χ2n) is 6.65. The van der Waals surface area contributed by atoms with Crippen LogP contribution >= 0.6 is 11.6 Å². The molecule has 1 amide bonds. The number of likely N-dealkylation sites (tertiary alicyclic amines) is 1. The Morgan fingerprint density at radius 1 is 1.38 bits per heavy atom. The number of aryl methyl sites for hydroxylation is 2. The molecule has 0 radical (unpaired) electrons. The summed E-state index contributed by atoms with van der Waals surface area (Å²) in [7, 11) is 1.92. The molecule has 0 N–H and O–H groups in total. The molecule has 1 aliphatic heterocycles. The third kappa shape index (κ3) is 3.31. The fraction of sp³-hybridized carbons (Fsp3) is 0.444. The van der Waals surface area contributed by atoms with Gasteiger partial charge in [-0.3, -0.25) is 9.48 Å². The molecule has 1 aliphatic rings. The van der Waals surface area contributed by atoms with Crippen LogP contribution in [0.4, 0.5) is 0 Å². The van der Waals surface area contributed by atoms with Gasteiger partial charge >= 0.3 is 0 Å². The van der Waals surface area contributed by atoms with Crippen LogP contribution in [0.15, 0.2) is 28.9 Å².